The van der Waals surface area contributed by atoms with Crippen molar-refractivity contribution in [1.82, 2.24) is 0 Å². The first-order valence-corrected chi connectivity index (χ1v) is 5.26. The van der Waals surface area contributed by atoms with Crippen LogP contribution in [0.3, 0.4) is 0 Å². The summed E-state index contributed by atoms with van der Waals surface area (Å²) >= 11 is 1.82. The summed E-state index contributed by atoms with van der Waals surface area (Å²) in [4.78, 5) is 6.00. The standard InChI is InChI=1S/C10H11NS/c1-10-5-7(10)9(11-6-10)8-3-2-4-12-8/h2-4,7H,5-6H2,1H3. The normalized spacial score (nSPS) is 37.8. The summed E-state index contributed by atoms with van der Waals surface area (Å²) in [6.07, 6.45) is 1.36. The molecule has 1 aliphatic heterocycles. The van der Waals surface area contributed by atoms with E-state index in [1.165, 1.54) is 17.0 Å². The van der Waals surface area contributed by atoms with Crippen LogP contribution in [0.2, 0.25) is 0 Å². The summed E-state index contributed by atoms with van der Waals surface area (Å²) in [6.45, 7) is 3.41. The van der Waals surface area contributed by atoms with Crippen molar-refractivity contribution in [2.24, 2.45) is 16.3 Å². The molecule has 3 rings (SSSR count). The molecule has 2 heterocycles. The fourth-order valence-corrected chi connectivity index (χ4v) is 2.85. The Morgan fingerprint density at radius 1 is 1.67 bits per heavy atom. The Kier molecular flexibility index (Phi) is 1.14. The first-order chi connectivity index (χ1) is 5.80. The summed E-state index contributed by atoms with van der Waals surface area (Å²) < 4.78 is 0. The zero-order valence-electron chi connectivity index (χ0n) is 7.08. The van der Waals surface area contributed by atoms with Crippen LogP contribution in [0.4, 0.5) is 0 Å². The molecule has 0 radical (unpaired) electrons. The van der Waals surface area contributed by atoms with Crippen molar-refractivity contribution < 1.29 is 0 Å². The van der Waals surface area contributed by atoms with Crippen LogP contribution in [0.25, 0.3) is 0 Å². The molecule has 1 aromatic rings. The van der Waals surface area contributed by atoms with Crippen molar-refractivity contribution in [3.8, 4) is 0 Å². The zero-order chi connectivity index (χ0) is 8.18. The average Bonchev–Trinajstić information content (AvgIpc) is 2.55. The van der Waals surface area contributed by atoms with Crippen LogP contribution in [0, 0.1) is 11.3 Å². The molecule has 62 valence electrons. The van der Waals surface area contributed by atoms with Crippen molar-refractivity contribution in [2.45, 2.75) is 13.3 Å². The van der Waals surface area contributed by atoms with Crippen LogP contribution in [-0.2, 0) is 0 Å². The summed E-state index contributed by atoms with van der Waals surface area (Å²) in [6, 6.07) is 4.30. The van der Waals surface area contributed by atoms with Crippen molar-refractivity contribution in [3.63, 3.8) is 0 Å². The molecule has 2 atom stereocenters. The van der Waals surface area contributed by atoms with E-state index >= 15 is 0 Å². The summed E-state index contributed by atoms with van der Waals surface area (Å²) in [5, 5.41) is 2.13. The molecule has 1 aliphatic carbocycles. The molecule has 0 aromatic carbocycles. The minimum atomic E-state index is 0.555. The van der Waals surface area contributed by atoms with Gasteiger partial charge in [0.15, 0.2) is 0 Å². The molecular formula is C10H11NS. The molecule has 2 aliphatic rings. The molecule has 0 bridgehead atoms. The fraction of sp³-hybridized carbons (Fsp3) is 0.500. The van der Waals surface area contributed by atoms with Gasteiger partial charge in [0.2, 0.25) is 0 Å². The summed E-state index contributed by atoms with van der Waals surface area (Å²) in [5.74, 6) is 0.788. The van der Waals surface area contributed by atoms with Gasteiger partial charge in [-0.15, -0.1) is 11.3 Å². The largest absolute Gasteiger partial charge is 0.287 e. The highest BCUT2D eigenvalue weighted by Gasteiger charge is 2.56. The van der Waals surface area contributed by atoms with Gasteiger partial charge in [-0.25, -0.2) is 0 Å². The van der Waals surface area contributed by atoms with Gasteiger partial charge in [0.25, 0.3) is 0 Å². The smallest absolute Gasteiger partial charge is 0.0557 e. The average molecular weight is 177 g/mol. The molecule has 0 N–H and O–H groups in total. The van der Waals surface area contributed by atoms with Gasteiger partial charge in [0.1, 0.15) is 0 Å². The second kappa shape index (κ2) is 1.99. The fourth-order valence-electron chi connectivity index (χ4n) is 2.06. The number of nitrogens with zero attached hydrogens (tertiary/aromatic N) is 1. The van der Waals surface area contributed by atoms with E-state index in [0.717, 1.165) is 12.5 Å². The van der Waals surface area contributed by atoms with Crippen molar-refractivity contribution >= 4 is 17.0 Å². The van der Waals surface area contributed by atoms with E-state index in [2.05, 4.69) is 29.4 Å². The van der Waals surface area contributed by atoms with Crippen LogP contribution >= 0.6 is 11.3 Å². The van der Waals surface area contributed by atoms with E-state index < -0.39 is 0 Å². The van der Waals surface area contributed by atoms with E-state index in [1.807, 2.05) is 11.3 Å². The molecule has 2 heteroatoms. The molecular weight excluding hydrogens is 166 g/mol. The highest BCUT2D eigenvalue weighted by molar-refractivity contribution is 7.12. The van der Waals surface area contributed by atoms with E-state index in [-0.39, 0.29) is 0 Å². The van der Waals surface area contributed by atoms with Crippen LogP contribution in [-0.4, -0.2) is 12.3 Å². The quantitative estimate of drug-likeness (QED) is 0.625. The first kappa shape index (κ1) is 6.84. The Balaban J connectivity index is 1.97. The number of fused-ring (bicyclic) bond motifs is 1. The van der Waals surface area contributed by atoms with Crippen molar-refractivity contribution in [3.05, 3.63) is 22.4 Å². The Hall–Kier alpha value is -0.630. The van der Waals surface area contributed by atoms with Gasteiger partial charge in [0.05, 0.1) is 5.71 Å². The SMILES string of the molecule is CC12CN=C(c3cccs3)C1C2. The Morgan fingerprint density at radius 3 is 3.08 bits per heavy atom. The third-order valence-corrected chi connectivity index (χ3v) is 3.96. The predicted octanol–water partition coefficient (Wildman–Crippen LogP) is 2.58. The second-order valence-electron chi connectivity index (χ2n) is 4.09. The molecule has 0 spiro atoms. The Bertz CT molecular complexity index is 339. The third-order valence-electron chi connectivity index (χ3n) is 3.07. The van der Waals surface area contributed by atoms with Gasteiger partial charge in [-0.05, 0) is 23.3 Å². The molecule has 1 aromatic heterocycles. The highest BCUT2D eigenvalue weighted by Crippen LogP contribution is 2.57. The Labute approximate surface area is 76.1 Å². The minimum absolute atomic E-state index is 0.555. The monoisotopic (exact) mass is 177 g/mol. The maximum absolute atomic E-state index is 4.61. The van der Waals surface area contributed by atoms with Crippen LogP contribution in [0.15, 0.2) is 22.5 Å². The van der Waals surface area contributed by atoms with Gasteiger partial charge in [-0.2, -0.15) is 0 Å². The molecule has 1 saturated carbocycles. The van der Waals surface area contributed by atoms with Crippen LogP contribution in [0.5, 0.6) is 0 Å². The lowest BCUT2D eigenvalue weighted by Crippen LogP contribution is -1.99. The lowest BCUT2D eigenvalue weighted by molar-refractivity contribution is 0.592. The number of rotatable bonds is 1. The second-order valence-corrected chi connectivity index (χ2v) is 5.04. The molecule has 0 saturated heterocycles. The van der Waals surface area contributed by atoms with Gasteiger partial charge in [-0.3, -0.25) is 4.99 Å². The van der Waals surface area contributed by atoms with Gasteiger partial charge < -0.3 is 0 Å². The number of thiophene rings is 1. The predicted molar refractivity (Wildman–Crippen MR) is 51.9 cm³/mol. The Morgan fingerprint density at radius 2 is 2.58 bits per heavy atom. The minimum Gasteiger partial charge on any atom is -0.287 e. The summed E-state index contributed by atoms with van der Waals surface area (Å²) in [7, 11) is 0. The van der Waals surface area contributed by atoms with Crippen LogP contribution in [0.1, 0.15) is 18.2 Å². The zero-order valence-corrected chi connectivity index (χ0v) is 7.90. The maximum atomic E-state index is 4.61. The van der Waals surface area contributed by atoms with Gasteiger partial charge >= 0.3 is 0 Å². The van der Waals surface area contributed by atoms with E-state index in [1.54, 1.807) is 0 Å². The first-order valence-electron chi connectivity index (χ1n) is 4.38. The molecule has 12 heavy (non-hydrogen) atoms. The topological polar surface area (TPSA) is 12.4 Å². The van der Waals surface area contributed by atoms with Gasteiger partial charge in [-0.1, -0.05) is 13.0 Å². The number of hydrogen-bond acceptors (Lipinski definition) is 2. The molecule has 1 nitrogen and oxygen atoms in total. The van der Waals surface area contributed by atoms with E-state index in [9.17, 15) is 0 Å². The lowest BCUT2D eigenvalue weighted by Gasteiger charge is -1.95. The van der Waals surface area contributed by atoms with Crippen molar-refractivity contribution in [1.29, 1.82) is 0 Å². The highest BCUT2D eigenvalue weighted by atomic mass is 32.1. The van der Waals surface area contributed by atoms with Crippen LogP contribution < -0.4 is 0 Å². The molecule has 0 amide bonds. The third kappa shape index (κ3) is 0.761. The molecule has 2 unspecified atom stereocenters. The molecule has 1 fully saturated rings. The summed E-state index contributed by atoms with van der Waals surface area (Å²) in [5.41, 5.74) is 1.94. The van der Waals surface area contributed by atoms with E-state index in [4.69, 9.17) is 0 Å². The van der Waals surface area contributed by atoms with Crippen molar-refractivity contribution in [2.75, 3.05) is 6.54 Å². The lowest BCUT2D eigenvalue weighted by atomic mass is 10.1. The van der Waals surface area contributed by atoms with E-state index in [0.29, 0.717) is 5.41 Å². The maximum Gasteiger partial charge on any atom is 0.0557 e. The van der Waals surface area contributed by atoms with Gasteiger partial charge in [0, 0.05) is 17.3 Å². The number of aliphatic imine (C=N–C) groups is 1. The number of hydrogen-bond donors (Lipinski definition) is 0.